The third kappa shape index (κ3) is 6.44. The fourth-order valence-corrected chi connectivity index (χ4v) is 3.00. The number of halogens is 1. The SMILES string of the molecule is COCCOCCCC1=CC(Cl)CC(C)(C)C1. The van der Waals surface area contributed by atoms with Crippen molar-refractivity contribution in [3.63, 3.8) is 0 Å². The van der Waals surface area contributed by atoms with Crippen molar-refractivity contribution in [3.8, 4) is 0 Å². The van der Waals surface area contributed by atoms with Gasteiger partial charge in [0.1, 0.15) is 0 Å². The van der Waals surface area contributed by atoms with Crippen LogP contribution in [0.4, 0.5) is 0 Å². The summed E-state index contributed by atoms with van der Waals surface area (Å²) in [7, 11) is 1.69. The van der Waals surface area contributed by atoms with E-state index in [1.54, 1.807) is 7.11 Å². The van der Waals surface area contributed by atoms with E-state index >= 15 is 0 Å². The van der Waals surface area contributed by atoms with E-state index in [1.807, 2.05) is 0 Å². The Morgan fingerprint density at radius 2 is 2.12 bits per heavy atom. The lowest BCUT2D eigenvalue weighted by Gasteiger charge is -2.32. The summed E-state index contributed by atoms with van der Waals surface area (Å²) in [6, 6.07) is 0. The Hall–Kier alpha value is -0.0500. The summed E-state index contributed by atoms with van der Waals surface area (Å²) in [5, 5.41) is 0.211. The zero-order valence-corrected chi connectivity index (χ0v) is 12.1. The molecule has 0 heterocycles. The van der Waals surface area contributed by atoms with Gasteiger partial charge in [-0.3, -0.25) is 0 Å². The van der Waals surface area contributed by atoms with Gasteiger partial charge in [-0.15, -0.1) is 11.6 Å². The van der Waals surface area contributed by atoms with E-state index in [4.69, 9.17) is 21.1 Å². The predicted molar refractivity (Wildman–Crippen MR) is 72.7 cm³/mol. The highest BCUT2D eigenvalue weighted by Crippen LogP contribution is 2.38. The molecule has 0 aromatic rings. The normalized spacial score (nSPS) is 23.5. The smallest absolute Gasteiger partial charge is 0.0700 e. The molecule has 1 unspecified atom stereocenters. The molecule has 0 aromatic heterocycles. The quantitative estimate of drug-likeness (QED) is 0.394. The summed E-state index contributed by atoms with van der Waals surface area (Å²) in [5.74, 6) is 0. The lowest BCUT2D eigenvalue weighted by Crippen LogP contribution is -2.22. The first-order chi connectivity index (χ1) is 8.03. The molecular formula is C14H25ClO2. The van der Waals surface area contributed by atoms with Crippen LogP contribution < -0.4 is 0 Å². The molecule has 17 heavy (non-hydrogen) atoms. The van der Waals surface area contributed by atoms with Crippen molar-refractivity contribution in [2.45, 2.75) is 44.9 Å². The summed E-state index contributed by atoms with van der Waals surface area (Å²) >= 11 is 6.25. The summed E-state index contributed by atoms with van der Waals surface area (Å²) in [6.07, 6.45) is 6.69. The molecule has 0 saturated heterocycles. The number of allylic oxidation sites excluding steroid dienone is 2. The van der Waals surface area contributed by atoms with E-state index in [-0.39, 0.29) is 5.38 Å². The van der Waals surface area contributed by atoms with Gasteiger partial charge in [0, 0.05) is 13.7 Å². The van der Waals surface area contributed by atoms with Gasteiger partial charge in [-0.2, -0.15) is 0 Å². The fraction of sp³-hybridized carbons (Fsp3) is 0.857. The topological polar surface area (TPSA) is 18.5 Å². The summed E-state index contributed by atoms with van der Waals surface area (Å²) in [6.45, 7) is 6.78. The van der Waals surface area contributed by atoms with Crippen molar-refractivity contribution in [3.05, 3.63) is 11.6 Å². The molecule has 1 aliphatic rings. The molecule has 0 bridgehead atoms. The summed E-state index contributed by atoms with van der Waals surface area (Å²) < 4.78 is 10.4. The van der Waals surface area contributed by atoms with Crippen LogP contribution in [0, 0.1) is 5.41 Å². The third-order valence-electron chi connectivity index (χ3n) is 3.09. The van der Waals surface area contributed by atoms with Gasteiger partial charge in [0.2, 0.25) is 0 Å². The number of hydrogen-bond donors (Lipinski definition) is 0. The van der Waals surface area contributed by atoms with Crippen LogP contribution in [0.1, 0.15) is 39.5 Å². The van der Waals surface area contributed by atoms with Crippen LogP contribution in [-0.4, -0.2) is 32.3 Å². The van der Waals surface area contributed by atoms with Gasteiger partial charge in [0.15, 0.2) is 0 Å². The van der Waals surface area contributed by atoms with Gasteiger partial charge in [-0.05, 0) is 31.1 Å². The largest absolute Gasteiger partial charge is 0.382 e. The fourth-order valence-electron chi connectivity index (χ4n) is 2.41. The molecule has 0 aromatic carbocycles. The number of alkyl halides is 1. The van der Waals surface area contributed by atoms with Crippen LogP contribution in [-0.2, 0) is 9.47 Å². The zero-order valence-electron chi connectivity index (χ0n) is 11.3. The maximum Gasteiger partial charge on any atom is 0.0700 e. The van der Waals surface area contributed by atoms with Gasteiger partial charge in [-0.25, -0.2) is 0 Å². The summed E-state index contributed by atoms with van der Waals surface area (Å²) in [5.41, 5.74) is 1.85. The molecule has 1 aliphatic carbocycles. The van der Waals surface area contributed by atoms with Crippen LogP contribution in [0.15, 0.2) is 11.6 Å². The summed E-state index contributed by atoms with van der Waals surface area (Å²) in [4.78, 5) is 0. The van der Waals surface area contributed by atoms with Crippen molar-refractivity contribution in [2.75, 3.05) is 26.9 Å². The number of ether oxygens (including phenoxy) is 2. The Kier molecular flexibility index (Phi) is 6.53. The van der Waals surface area contributed by atoms with Gasteiger partial charge in [0.05, 0.1) is 18.6 Å². The molecule has 0 fully saturated rings. The Morgan fingerprint density at radius 1 is 1.35 bits per heavy atom. The van der Waals surface area contributed by atoms with Crippen molar-refractivity contribution < 1.29 is 9.47 Å². The molecule has 0 saturated carbocycles. The Labute approximate surface area is 110 Å². The molecule has 3 heteroatoms. The van der Waals surface area contributed by atoms with E-state index in [0.717, 1.165) is 25.9 Å². The number of rotatable bonds is 7. The average Bonchev–Trinajstić information content (AvgIpc) is 2.20. The van der Waals surface area contributed by atoms with Crippen molar-refractivity contribution in [1.82, 2.24) is 0 Å². The molecular weight excluding hydrogens is 236 g/mol. The average molecular weight is 261 g/mol. The molecule has 1 rings (SSSR count). The minimum atomic E-state index is 0.211. The van der Waals surface area contributed by atoms with Crippen molar-refractivity contribution in [2.24, 2.45) is 5.41 Å². The van der Waals surface area contributed by atoms with Crippen LogP contribution >= 0.6 is 11.6 Å². The number of methoxy groups -OCH3 is 1. The molecule has 1 atom stereocenters. The standard InChI is InChI=1S/C14H25ClO2/c1-14(2)10-12(9-13(15)11-14)5-4-6-17-8-7-16-3/h9,13H,4-8,10-11H2,1-3H3. The van der Waals surface area contributed by atoms with Crippen LogP contribution in [0.5, 0.6) is 0 Å². The maximum atomic E-state index is 6.25. The molecule has 0 spiro atoms. The van der Waals surface area contributed by atoms with Crippen molar-refractivity contribution in [1.29, 1.82) is 0 Å². The molecule has 0 N–H and O–H groups in total. The molecule has 2 nitrogen and oxygen atoms in total. The second-order valence-electron chi connectivity index (χ2n) is 5.59. The lowest BCUT2D eigenvalue weighted by atomic mass is 9.76. The van der Waals surface area contributed by atoms with Crippen LogP contribution in [0.25, 0.3) is 0 Å². The zero-order chi connectivity index (χ0) is 12.7. The lowest BCUT2D eigenvalue weighted by molar-refractivity contribution is 0.0693. The van der Waals surface area contributed by atoms with E-state index in [1.165, 1.54) is 12.0 Å². The van der Waals surface area contributed by atoms with Gasteiger partial charge in [0.25, 0.3) is 0 Å². The molecule has 0 aliphatic heterocycles. The van der Waals surface area contributed by atoms with Gasteiger partial charge < -0.3 is 9.47 Å². The monoisotopic (exact) mass is 260 g/mol. The van der Waals surface area contributed by atoms with Gasteiger partial charge >= 0.3 is 0 Å². The highest BCUT2D eigenvalue weighted by Gasteiger charge is 2.27. The van der Waals surface area contributed by atoms with E-state index in [0.29, 0.717) is 18.6 Å². The molecule has 100 valence electrons. The Bertz CT molecular complexity index is 249. The highest BCUT2D eigenvalue weighted by molar-refractivity contribution is 6.21. The first-order valence-corrected chi connectivity index (χ1v) is 6.87. The van der Waals surface area contributed by atoms with E-state index in [9.17, 15) is 0 Å². The second kappa shape index (κ2) is 7.40. The minimum absolute atomic E-state index is 0.211. The highest BCUT2D eigenvalue weighted by atomic mass is 35.5. The first kappa shape index (κ1) is 15.0. The van der Waals surface area contributed by atoms with E-state index in [2.05, 4.69) is 19.9 Å². The molecule has 0 amide bonds. The third-order valence-corrected chi connectivity index (χ3v) is 3.37. The maximum absolute atomic E-state index is 6.25. The number of hydrogen-bond acceptors (Lipinski definition) is 2. The van der Waals surface area contributed by atoms with E-state index < -0.39 is 0 Å². The predicted octanol–water partition coefficient (Wildman–Crippen LogP) is 3.78. The van der Waals surface area contributed by atoms with Gasteiger partial charge in [-0.1, -0.05) is 25.5 Å². The Morgan fingerprint density at radius 3 is 2.76 bits per heavy atom. The van der Waals surface area contributed by atoms with Crippen molar-refractivity contribution >= 4 is 11.6 Å². The Balaban J connectivity index is 2.18. The molecule has 0 radical (unpaired) electrons. The van der Waals surface area contributed by atoms with Crippen LogP contribution in [0.3, 0.4) is 0 Å². The first-order valence-electron chi connectivity index (χ1n) is 6.44. The van der Waals surface area contributed by atoms with Crippen LogP contribution in [0.2, 0.25) is 0 Å². The minimum Gasteiger partial charge on any atom is -0.382 e. The second-order valence-corrected chi connectivity index (χ2v) is 6.16.